The van der Waals surface area contributed by atoms with Crippen molar-refractivity contribution >= 4 is 23.0 Å². The number of nitrogens with one attached hydrogen (secondary N) is 1. The molecule has 2 aromatic carbocycles. The summed E-state index contributed by atoms with van der Waals surface area (Å²) in [7, 11) is 0. The zero-order valence-corrected chi connectivity index (χ0v) is 16.9. The molecule has 0 aromatic heterocycles. The number of rotatable bonds is 4. The molecular formula is C22H25N3O5. The second-order valence-electron chi connectivity index (χ2n) is 7.80. The van der Waals surface area contributed by atoms with Crippen LogP contribution in [0.15, 0.2) is 36.4 Å². The minimum atomic E-state index is -0.419. The second kappa shape index (κ2) is 8.61. The van der Waals surface area contributed by atoms with Gasteiger partial charge in [0.1, 0.15) is 5.69 Å². The summed E-state index contributed by atoms with van der Waals surface area (Å²) < 4.78 is 11.2. The van der Waals surface area contributed by atoms with Crippen LogP contribution in [0, 0.1) is 16.0 Å². The zero-order valence-electron chi connectivity index (χ0n) is 16.9. The Hall–Kier alpha value is -3.29. The van der Waals surface area contributed by atoms with Crippen molar-refractivity contribution in [2.45, 2.75) is 26.2 Å². The molecule has 8 heteroatoms. The fourth-order valence-corrected chi connectivity index (χ4v) is 3.77. The number of piperidine rings is 1. The van der Waals surface area contributed by atoms with Gasteiger partial charge in [0, 0.05) is 42.9 Å². The van der Waals surface area contributed by atoms with E-state index in [0.29, 0.717) is 42.0 Å². The highest BCUT2D eigenvalue weighted by atomic mass is 16.6. The summed E-state index contributed by atoms with van der Waals surface area (Å²) in [5, 5.41) is 14.5. The number of hydrogen-bond acceptors (Lipinski definition) is 6. The maximum atomic E-state index is 12.7. The first-order valence-electron chi connectivity index (χ1n) is 10.3. The zero-order chi connectivity index (χ0) is 21.1. The minimum absolute atomic E-state index is 0.0455. The Morgan fingerprint density at radius 1 is 1.10 bits per heavy atom. The molecule has 8 nitrogen and oxygen atoms in total. The maximum Gasteiger partial charge on any atom is 0.293 e. The van der Waals surface area contributed by atoms with Crippen LogP contribution in [-0.2, 0) is 0 Å². The number of ether oxygens (including phenoxy) is 2. The van der Waals surface area contributed by atoms with Gasteiger partial charge < -0.3 is 19.7 Å². The topological polar surface area (TPSA) is 93.9 Å². The summed E-state index contributed by atoms with van der Waals surface area (Å²) in [6.45, 7) is 4.90. The Bertz CT molecular complexity index is 954. The van der Waals surface area contributed by atoms with Gasteiger partial charge in [0.25, 0.3) is 11.6 Å². The van der Waals surface area contributed by atoms with E-state index in [1.807, 2.05) is 4.90 Å². The maximum absolute atomic E-state index is 12.7. The molecular weight excluding hydrogens is 386 g/mol. The van der Waals surface area contributed by atoms with Gasteiger partial charge >= 0.3 is 0 Å². The van der Waals surface area contributed by atoms with E-state index in [1.54, 1.807) is 30.3 Å². The van der Waals surface area contributed by atoms with E-state index >= 15 is 0 Å². The molecule has 0 radical (unpaired) electrons. The van der Waals surface area contributed by atoms with Crippen LogP contribution in [0.4, 0.5) is 17.1 Å². The summed E-state index contributed by atoms with van der Waals surface area (Å²) >= 11 is 0. The van der Waals surface area contributed by atoms with Gasteiger partial charge in [-0.05, 0) is 43.0 Å². The summed E-state index contributed by atoms with van der Waals surface area (Å²) in [5.74, 6) is 1.43. The number of nitro benzene ring substituents is 1. The van der Waals surface area contributed by atoms with E-state index in [2.05, 4.69) is 12.2 Å². The first-order valence-corrected chi connectivity index (χ1v) is 10.3. The lowest BCUT2D eigenvalue weighted by atomic mass is 9.98. The molecule has 1 N–H and O–H groups in total. The van der Waals surface area contributed by atoms with Crippen LogP contribution in [0.25, 0.3) is 0 Å². The highest BCUT2D eigenvalue weighted by Gasteiger charge is 2.25. The second-order valence-corrected chi connectivity index (χ2v) is 7.80. The fourth-order valence-electron chi connectivity index (χ4n) is 3.77. The third kappa shape index (κ3) is 4.32. The number of amides is 1. The Balaban J connectivity index is 1.53. The lowest BCUT2D eigenvalue weighted by Gasteiger charge is -2.31. The normalized spacial score (nSPS) is 16.6. The van der Waals surface area contributed by atoms with Gasteiger partial charge in [-0.15, -0.1) is 0 Å². The van der Waals surface area contributed by atoms with Crippen LogP contribution in [-0.4, -0.2) is 37.1 Å². The number of benzene rings is 2. The first-order chi connectivity index (χ1) is 14.5. The van der Waals surface area contributed by atoms with Gasteiger partial charge in [-0.2, -0.15) is 0 Å². The molecule has 158 valence electrons. The molecule has 0 bridgehead atoms. The van der Waals surface area contributed by atoms with Crippen LogP contribution in [0.2, 0.25) is 0 Å². The van der Waals surface area contributed by atoms with E-state index in [1.165, 1.54) is 6.07 Å². The van der Waals surface area contributed by atoms with E-state index in [4.69, 9.17) is 9.47 Å². The molecule has 0 saturated carbocycles. The molecule has 4 rings (SSSR count). The molecule has 2 heterocycles. The van der Waals surface area contributed by atoms with Gasteiger partial charge in [-0.3, -0.25) is 14.9 Å². The third-order valence-electron chi connectivity index (χ3n) is 5.56. The SMILES string of the molecule is CC1CCN(c2ccc(C(=O)Nc3ccc4c(c3)OCCCO4)cc2[N+](=O)[O-])CC1. The van der Waals surface area contributed by atoms with Crippen molar-refractivity contribution < 1.29 is 19.2 Å². The summed E-state index contributed by atoms with van der Waals surface area (Å²) in [5.41, 5.74) is 1.30. The highest BCUT2D eigenvalue weighted by Crippen LogP contribution is 2.34. The van der Waals surface area contributed by atoms with E-state index in [-0.39, 0.29) is 11.3 Å². The number of hydrogen-bond donors (Lipinski definition) is 1. The first kappa shape index (κ1) is 20.0. The van der Waals surface area contributed by atoms with Crippen molar-refractivity contribution in [3.8, 4) is 11.5 Å². The fraction of sp³-hybridized carbons (Fsp3) is 0.409. The van der Waals surface area contributed by atoms with Gasteiger partial charge in [-0.25, -0.2) is 0 Å². The van der Waals surface area contributed by atoms with Crippen molar-refractivity contribution in [3.63, 3.8) is 0 Å². The molecule has 0 spiro atoms. The molecule has 1 fully saturated rings. The molecule has 0 atom stereocenters. The average molecular weight is 411 g/mol. The van der Waals surface area contributed by atoms with Crippen molar-refractivity contribution in [3.05, 3.63) is 52.1 Å². The minimum Gasteiger partial charge on any atom is -0.490 e. The summed E-state index contributed by atoms with van der Waals surface area (Å²) in [6.07, 6.45) is 2.80. The number of carbonyl (C=O) groups is 1. The highest BCUT2D eigenvalue weighted by molar-refractivity contribution is 6.05. The van der Waals surface area contributed by atoms with E-state index < -0.39 is 10.8 Å². The largest absolute Gasteiger partial charge is 0.490 e. The average Bonchev–Trinajstić information content (AvgIpc) is 2.99. The predicted octanol–water partition coefficient (Wildman–Crippen LogP) is 4.24. The Morgan fingerprint density at radius 3 is 2.57 bits per heavy atom. The number of nitrogens with zero attached hydrogens (tertiary/aromatic N) is 2. The molecule has 1 saturated heterocycles. The van der Waals surface area contributed by atoms with Crippen LogP contribution in [0.3, 0.4) is 0 Å². The molecule has 30 heavy (non-hydrogen) atoms. The number of fused-ring (bicyclic) bond motifs is 1. The van der Waals surface area contributed by atoms with Crippen LogP contribution in [0.1, 0.15) is 36.5 Å². The van der Waals surface area contributed by atoms with Crippen molar-refractivity contribution in [1.82, 2.24) is 0 Å². The van der Waals surface area contributed by atoms with Crippen molar-refractivity contribution in [2.24, 2.45) is 5.92 Å². The van der Waals surface area contributed by atoms with Crippen LogP contribution < -0.4 is 19.7 Å². The molecule has 2 aromatic rings. The molecule has 2 aliphatic heterocycles. The molecule has 0 aliphatic carbocycles. The van der Waals surface area contributed by atoms with Crippen LogP contribution >= 0.6 is 0 Å². The van der Waals surface area contributed by atoms with Gasteiger partial charge in [0.15, 0.2) is 11.5 Å². The van der Waals surface area contributed by atoms with Crippen LogP contribution in [0.5, 0.6) is 11.5 Å². The summed E-state index contributed by atoms with van der Waals surface area (Å²) in [6, 6.07) is 9.85. The quantitative estimate of drug-likeness (QED) is 0.597. The Labute approximate surface area is 174 Å². The lowest BCUT2D eigenvalue weighted by molar-refractivity contribution is -0.384. The van der Waals surface area contributed by atoms with Gasteiger partial charge in [0.05, 0.1) is 18.1 Å². The molecule has 1 amide bonds. The predicted molar refractivity (Wildman–Crippen MR) is 114 cm³/mol. The van der Waals surface area contributed by atoms with Crippen molar-refractivity contribution in [1.29, 1.82) is 0 Å². The smallest absolute Gasteiger partial charge is 0.293 e. The number of carbonyl (C=O) groups excluding carboxylic acids is 1. The lowest BCUT2D eigenvalue weighted by Crippen LogP contribution is -2.33. The number of nitro groups is 1. The monoisotopic (exact) mass is 411 g/mol. The third-order valence-corrected chi connectivity index (χ3v) is 5.56. The molecule has 2 aliphatic rings. The standard InChI is InChI=1S/C22H25N3O5/c1-15-7-9-24(10-8-15)18-5-3-16(13-19(18)25(27)28)22(26)23-17-4-6-20-21(14-17)30-12-2-11-29-20/h3-6,13-15H,2,7-12H2,1H3,(H,23,26). The molecule has 0 unspecified atom stereocenters. The summed E-state index contributed by atoms with van der Waals surface area (Å²) in [4.78, 5) is 26.0. The van der Waals surface area contributed by atoms with Gasteiger partial charge in [0.2, 0.25) is 0 Å². The Morgan fingerprint density at radius 2 is 1.83 bits per heavy atom. The van der Waals surface area contributed by atoms with E-state index in [0.717, 1.165) is 32.4 Å². The Kier molecular flexibility index (Phi) is 5.74. The number of anilines is 2. The van der Waals surface area contributed by atoms with Crippen molar-refractivity contribution in [2.75, 3.05) is 36.5 Å². The van der Waals surface area contributed by atoms with E-state index in [9.17, 15) is 14.9 Å². The van der Waals surface area contributed by atoms with Gasteiger partial charge in [-0.1, -0.05) is 6.92 Å².